The first-order valence-corrected chi connectivity index (χ1v) is 6.59. The minimum Gasteiger partial charge on any atom is -0.497 e. The fourth-order valence-electron chi connectivity index (χ4n) is 2.07. The summed E-state index contributed by atoms with van der Waals surface area (Å²) in [4.78, 5) is 17.4. The first-order chi connectivity index (χ1) is 9.10. The lowest BCUT2D eigenvalue weighted by Gasteiger charge is -2.02. The van der Waals surface area contributed by atoms with Crippen LogP contribution in [0.3, 0.4) is 0 Å². The molecule has 0 bridgehead atoms. The largest absolute Gasteiger partial charge is 0.497 e. The van der Waals surface area contributed by atoms with Gasteiger partial charge in [0.05, 0.1) is 23.2 Å². The molecule has 3 rings (SSSR count). The second kappa shape index (κ2) is 4.20. The molecule has 0 atom stereocenters. The highest BCUT2D eigenvalue weighted by Crippen LogP contribution is 2.35. The zero-order valence-electron chi connectivity index (χ0n) is 10.6. The maximum atomic E-state index is 11.5. The van der Waals surface area contributed by atoms with Crippen molar-refractivity contribution >= 4 is 43.9 Å². The van der Waals surface area contributed by atoms with Crippen LogP contribution in [-0.4, -0.2) is 17.9 Å². The zero-order chi connectivity index (χ0) is 13.6. The number of hydrogen-bond donors (Lipinski definition) is 1. The highest BCUT2D eigenvalue weighted by Gasteiger charge is 2.14. The van der Waals surface area contributed by atoms with Crippen LogP contribution in [0.15, 0.2) is 24.3 Å². The summed E-state index contributed by atoms with van der Waals surface area (Å²) in [5.41, 5.74) is 7.40. The van der Waals surface area contributed by atoms with Gasteiger partial charge in [0, 0.05) is 17.7 Å². The number of carbonyl (C=O) groups is 1. The SMILES string of the molecule is COc1ccc2nc3sc(C(C)=O)c(N)c3cc2c1. The molecule has 2 aromatic heterocycles. The fourth-order valence-corrected chi connectivity index (χ4v) is 3.05. The number of benzene rings is 1. The van der Waals surface area contributed by atoms with Gasteiger partial charge < -0.3 is 10.5 Å². The normalized spacial score (nSPS) is 11.1. The number of ketones is 1. The predicted octanol–water partition coefficient (Wildman–Crippen LogP) is 3.24. The monoisotopic (exact) mass is 272 g/mol. The number of ether oxygens (including phenoxy) is 1. The summed E-state index contributed by atoms with van der Waals surface area (Å²) in [5.74, 6) is 0.747. The van der Waals surface area contributed by atoms with E-state index in [1.807, 2.05) is 24.3 Å². The number of carbonyl (C=O) groups excluding carboxylic acids is 1. The summed E-state index contributed by atoms with van der Waals surface area (Å²) in [6, 6.07) is 7.63. The van der Waals surface area contributed by atoms with E-state index in [-0.39, 0.29) is 5.78 Å². The Balaban J connectivity index is 2.35. The number of fused-ring (bicyclic) bond motifs is 2. The molecule has 0 aliphatic heterocycles. The lowest BCUT2D eigenvalue weighted by molar-refractivity contribution is 0.102. The van der Waals surface area contributed by atoms with E-state index in [2.05, 4.69) is 4.98 Å². The van der Waals surface area contributed by atoms with Gasteiger partial charge in [-0.25, -0.2) is 4.98 Å². The number of Topliss-reactive ketones (excluding diaryl/α,β-unsaturated/α-hetero) is 1. The molecule has 0 amide bonds. The number of hydrogen-bond acceptors (Lipinski definition) is 5. The molecule has 1 aromatic carbocycles. The molecule has 2 N–H and O–H groups in total. The van der Waals surface area contributed by atoms with Gasteiger partial charge in [0.25, 0.3) is 0 Å². The molecule has 96 valence electrons. The third kappa shape index (κ3) is 1.82. The topological polar surface area (TPSA) is 65.2 Å². The minimum absolute atomic E-state index is 0.0258. The van der Waals surface area contributed by atoms with Crippen molar-refractivity contribution in [3.05, 3.63) is 29.1 Å². The number of anilines is 1. The van der Waals surface area contributed by atoms with Gasteiger partial charge >= 0.3 is 0 Å². The van der Waals surface area contributed by atoms with Crippen LogP contribution in [0.1, 0.15) is 16.6 Å². The lowest BCUT2D eigenvalue weighted by Crippen LogP contribution is -1.93. The molecule has 2 heterocycles. The van der Waals surface area contributed by atoms with Crippen molar-refractivity contribution in [1.29, 1.82) is 0 Å². The molecule has 0 fully saturated rings. The number of thiophene rings is 1. The zero-order valence-corrected chi connectivity index (χ0v) is 11.4. The van der Waals surface area contributed by atoms with Crippen molar-refractivity contribution in [3.8, 4) is 5.75 Å². The molecule has 0 aliphatic carbocycles. The fraction of sp³-hybridized carbons (Fsp3) is 0.143. The first kappa shape index (κ1) is 11.9. The average molecular weight is 272 g/mol. The van der Waals surface area contributed by atoms with E-state index in [0.717, 1.165) is 26.9 Å². The standard InChI is InChI=1S/C14H12N2O2S/c1-7(17)13-12(15)10-6-8-5-9(18-2)3-4-11(8)16-14(10)19-13/h3-6H,15H2,1-2H3. The Morgan fingerprint density at radius 3 is 2.84 bits per heavy atom. The summed E-state index contributed by atoms with van der Waals surface area (Å²) in [6.45, 7) is 1.52. The minimum atomic E-state index is -0.0258. The summed E-state index contributed by atoms with van der Waals surface area (Å²) >= 11 is 1.34. The Morgan fingerprint density at radius 1 is 1.37 bits per heavy atom. The van der Waals surface area contributed by atoms with Crippen molar-refractivity contribution in [2.75, 3.05) is 12.8 Å². The Kier molecular flexibility index (Phi) is 2.64. The van der Waals surface area contributed by atoms with Gasteiger partial charge in [-0.1, -0.05) is 0 Å². The number of rotatable bonds is 2. The van der Waals surface area contributed by atoms with Crippen molar-refractivity contribution < 1.29 is 9.53 Å². The maximum Gasteiger partial charge on any atom is 0.171 e. The Bertz CT molecular complexity index is 808. The third-order valence-corrected chi connectivity index (χ3v) is 4.26. The number of nitrogens with zero attached hydrogens (tertiary/aromatic N) is 1. The van der Waals surface area contributed by atoms with E-state index in [1.165, 1.54) is 18.3 Å². The quantitative estimate of drug-likeness (QED) is 0.727. The van der Waals surface area contributed by atoms with E-state index in [9.17, 15) is 4.79 Å². The van der Waals surface area contributed by atoms with Crippen molar-refractivity contribution in [2.45, 2.75) is 6.92 Å². The molecule has 0 radical (unpaired) electrons. The maximum absolute atomic E-state index is 11.5. The van der Waals surface area contributed by atoms with Crippen LogP contribution in [0.4, 0.5) is 5.69 Å². The molecule has 3 aromatic rings. The summed E-state index contributed by atoms with van der Waals surface area (Å²) in [6.07, 6.45) is 0. The van der Waals surface area contributed by atoms with E-state index >= 15 is 0 Å². The predicted molar refractivity (Wildman–Crippen MR) is 78.1 cm³/mol. The lowest BCUT2D eigenvalue weighted by atomic mass is 10.1. The highest BCUT2D eigenvalue weighted by molar-refractivity contribution is 7.21. The molecule has 4 nitrogen and oxygen atoms in total. The smallest absolute Gasteiger partial charge is 0.171 e. The molecule has 0 aliphatic rings. The van der Waals surface area contributed by atoms with Crippen LogP contribution < -0.4 is 10.5 Å². The second-order valence-electron chi connectivity index (χ2n) is 4.30. The average Bonchev–Trinajstić information content (AvgIpc) is 2.73. The molecule has 19 heavy (non-hydrogen) atoms. The van der Waals surface area contributed by atoms with E-state index in [4.69, 9.17) is 10.5 Å². The molecule has 5 heteroatoms. The van der Waals surface area contributed by atoms with Crippen molar-refractivity contribution in [3.63, 3.8) is 0 Å². The number of nitrogens with two attached hydrogens (primary N) is 1. The van der Waals surface area contributed by atoms with Crippen LogP contribution >= 0.6 is 11.3 Å². The van der Waals surface area contributed by atoms with Crippen LogP contribution in [0.25, 0.3) is 21.1 Å². The van der Waals surface area contributed by atoms with Gasteiger partial charge in [0.1, 0.15) is 10.6 Å². The molecule has 0 unspecified atom stereocenters. The second-order valence-corrected chi connectivity index (χ2v) is 5.30. The Labute approximate surface area is 113 Å². The third-order valence-electron chi connectivity index (χ3n) is 3.04. The highest BCUT2D eigenvalue weighted by atomic mass is 32.1. The van der Waals surface area contributed by atoms with Gasteiger partial charge in [-0.15, -0.1) is 11.3 Å². The van der Waals surface area contributed by atoms with Crippen LogP contribution in [0.5, 0.6) is 5.75 Å². The van der Waals surface area contributed by atoms with E-state index in [0.29, 0.717) is 10.6 Å². The number of pyridine rings is 1. The molecule has 0 spiro atoms. The van der Waals surface area contributed by atoms with Gasteiger partial charge in [-0.3, -0.25) is 4.79 Å². The van der Waals surface area contributed by atoms with Gasteiger partial charge in [-0.05, 0) is 24.3 Å². The van der Waals surface area contributed by atoms with E-state index in [1.54, 1.807) is 7.11 Å². The molecule has 0 saturated heterocycles. The van der Waals surface area contributed by atoms with Gasteiger partial charge in [0.15, 0.2) is 5.78 Å². The van der Waals surface area contributed by atoms with E-state index < -0.39 is 0 Å². The summed E-state index contributed by atoms with van der Waals surface area (Å²) in [5, 5.41) is 1.78. The molecule has 0 saturated carbocycles. The van der Waals surface area contributed by atoms with Crippen LogP contribution in [0, 0.1) is 0 Å². The summed E-state index contributed by atoms with van der Waals surface area (Å²) in [7, 11) is 1.62. The number of nitrogen functional groups attached to an aromatic ring is 1. The first-order valence-electron chi connectivity index (χ1n) is 5.78. The van der Waals surface area contributed by atoms with Crippen molar-refractivity contribution in [2.24, 2.45) is 0 Å². The Hall–Kier alpha value is -2.14. The van der Waals surface area contributed by atoms with Gasteiger partial charge in [-0.2, -0.15) is 0 Å². The van der Waals surface area contributed by atoms with Crippen molar-refractivity contribution in [1.82, 2.24) is 4.98 Å². The van der Waals surface area contributed by atoms with Crippen LogP contribution in [-0.2, 0) is 0 Å². The molecular weight excluding hydrogens is 260 g/mol. The molecular formula is C14H12N2O2S. The number of methoxy groups -OCH3 is 1. The Morgan fingerprint density at radius 2 is 2.16 bits per heavy atom. The summed E-state index contributed by atoms with van der Waals surface area (Å²) < 4.78 is 5.20. The van der Waals surface area contributed by atoms with Gasteiger partial charge in [0.2, 0.25) is 0 Å². The van der Waals surface area contributed by atoms with Crippen LogP contribution in [0.2, 0.25) is 0 Å². The number of aromatic nitrogens is 1.